The molecule has 0 bridgehead atoms. The highest BCUT2D eigenvalue weighted by Crippen LogP contribution is 2.34. The van der Waals surface area contributed by atoms with Crippen LogP contribution in [0.2, 0.25) is 19.6 Å². The number of ether oxygens (including phenoxy) is 1. The molecule has 0 aromatic carbocycles. The highest BCUT2D eigenvalue weighted by molar-refractivity contribution is 6.78. The third kappa shape index (κ3) is 4.98. The highest BCUT2D eigenvalue weighted by Gasteiger charge is 2.47. The molecule has 0 spiro atoms. The first-order valence-electron chi connectivity index (χ1n) is 6.32. The Morgan fingerprint density at radius 3 is 2.33 bits per heavy atom. The number of unbranched alkanes of at least 4 members (excludes halogenated alkanes) is 4. The molecule has 1 rings (SSSR count). The van der Waals surface area contributed by atoms with Crippen LogP contribution in [0, 0.1) is 0 Å². The molecule has 1 saturated heterocycles. The van der Waals surface area contributed by atoms with Crippen LogP contribution in [0.25, 0.3) is 0 Å². The maximum atomic E-state index is 5.75. The van der Waals surface area contributed by atoms with Gasteiger partial charge in [-0.2, -0.15) is 0 Å². The fourth-order valence-corrected chi connectivity index (χ4v) is 3.98. The van der Waals surface area contributed by atoms with Gasteiger partial charge in [-0.25, -0.2) is 0 Å². The molecular formula is C13H26OSi. The van der Waals surface area contributed by atoms with Crippen molar-refractivity contribution in [2.24, 2.45) is 0 Å². The second-order valence-electron chi connectivity index (χ2n) is 5.74. The third-order valence-corrected chi connectivity index (χ3v) is 5.30. The van der Waals surface area contributed by atoms with Gasteiger partial charge >= 0.3 is 0 Å². The van der Waals surface area contributed by atoms with Crippen LogP contribution in [-0.2, 0) is 4.74 Å². The zero-order chi connectivity index (χ0) is 11.3. The first kappa shape index (κ1) is 13.0. The fourth-order valence-electron chi connectivity index (χ4n) is 2.11. The van der Waals surface area contributed by atoms with E-state index in [2.05, 4.69) is 26.2 Å². The van der Waals surface area contributed by atoms with Crippen LogP contribution < -0.4 is 0 Å². The molecule has 0 aromatic heterocycles. The van der Waals surface area contributed by atoms with E-state index < -0.39 is 8.07 Å². The number of epoxide rings is 1. The molecule has 2 atom stereocenters. The van der Waals surface area contributed by atoms with Crippen molar-refractivity contribution < 1.29 is 4.74 Å². The molecule has 1 aliphatic rings. The lowest BCUT2D eigenvalue weighted by Gasteiger charge is -2.11. The average Bonchev–Trinajstić information content (AvgIpc) is 2.89. The Kier molecular flexibility index (Phi) is 5.07. The van der Waals surface area contributed by atoms with Crippen molar-refractivity contribution in [2.75, 3.05) is 0 Å². The van der Waals surface area contributed by atoms with Crippen molar-refractivity contribution in [3.63, 3.8) is 0 Å². The molecule has 15 heavy (non-hydrogen) atoms. The van der Waals surface area contributed by atoms with Gasteiger partial charge in [0.25, 0.3) is 0 Å². The van der Waals surface area contributed by atoms with Gasteiger partial charge in [0.1, 0.15) is 0 Å². The van der Waals surface area contributed by atoms with E-state index in [9.17, 15) is 0 Å². The van der Waals surface area contributed by atoms with Crippen molar-refractivity contribution in [3.05, 3.63) is 12.7 Å². The van der Waals surface area contributed by atoms with Gasteiger partial charge in [0.05, 0.1) is 19.9 Å². The summed E-state index contributed by atoms with van der Waals surface area (Å²) in [5, 5.41) is 0. The standard InChI is InChI=1S/C13H26OSi/c1-5-6-7-8-9-10-11-12-13(14-12)15(2,3)4/h5,12-13H,1,6-11H2,2-4H3/t12-,13-/m1/s1. The largest absolute Gasteiger partial charge is 0.373 e. The predicted molar refractivity (Wildman–Crippen MR) is 69.9 cm³/mol. The Bertz CT molecular complexity index is 195. The van der Waals surface area contributed by atoms with Crippen LogP contribution in [0.5, 0.6) is 0 Å². The Morgan fingerprint density at radius 1 is 1.13 bits per heavy atom. The summed E-state index contributed by atoms with van der Waals surface area (Å²) in [6, 6.07) is 0. The maximum absolute atomic E-state index is 5.75. The lowest BCUT2D eigenvalue weighted by Crippen LogP contribution is -2.30. The highest BCUT2D eigenvalue weighted by atomic mass is 28.3. The van der Waals surface area contributed by atoms with E-state index in [0.717, 1.165) is 0 Å². The summed E-state index contributed by atoms with van der Waals surface area (Å²) in [4.78, 5) is 0. The van der Waals surface area contributed by atoms with E-state index in [1.54, 1.807) is 0 Å². The number of rotatable bonds is 8. The van der Waals surface area contributed by atoms with Gasteiger partial charge in [0.15, 0.2) is 0 Å². The molecule has 0 aliphatic carbocycles. The normalized spacial score (nSPS) is 25.3. The lowest BCUT2D eigenvalue weighted by molar-refractivity contribution is 0.377. The van der Waals surface area contributed by atoms with Gasteiger partial charge in [0, 0.05) is 0 Å². The van der Waals surface area contributed by atoms with Gasteiger partial charge in [-0.3, -0.25) is 0 Å². The summed E-state index contributed by atoms with van der Waals surface area (Å²) in [6.07, 6.45) is 10.5. The van der Waals surface area contributed by atoms with E-state index in [-0.39, 0.29) is 0 Å². The van der Waals surface area contributed by atoms with Crippen molar-refractivity contribution in [3.8, 4) is 0 Å². The van der Waals surface area contributed by atoms with Crippen LogP contribution in [0.1, 0.15) is 38.5 Å². The van der Waals surface area contributed by atoms with Crippen molar-refractivity contribution in [1.29, 1.82) is 0 Å². The molecule has 0 saturated carbocycles. The Labute approximate surface area is 95.9 Å². The summed E-state index contributed by atoms with van der Waals surface area (Å²) in [7, 11) is -1.00. The van der Waals surface area contributed by atoms with Gasteiger partial charge in [0.2, 0.25) is 0 Å². The van der Waals surface area contributed by atoms with Gasteiger partial charge in [-0.05, 0) is 19.3 Å². The predicted octanol–water partition coefficient (Wildman–Crippen LogP) is 4.16. The minimum Gasteiger partial charge on any atom is -0.373 e. The van der Waals surface area contributed by atoms with Gasteiger partial charge < -0.3 is 4.74 Å². The summed E-state index contributed by atoms with van der Waals surface area (Å²) in [6.45, 7) is 11.0. The van der Waals surface area contributed by atoms with Crippen LogP contribution >= 0.6 is 0 Å². The van der Waals surface area contributed by atoms with E-state index in [4.69, 9.17) is 4.74 Å². The molecule has 1 aliphatic heterocycles. The van der Waals surface area contributed by atoms with Crippen molar-refractivity contribution in [2.45, 2.75) is 70.0 Å². The van der Waals surface area contributed by atoms with Crippen LogP contribution in [0.3, 0.4) is 0 Å². The fraction of sp³-hybridized carbons (Fsp3) is 0.846. The third-order valence-electron chi connectivity index (χ3n) is 3.08. The molecule has 2 heteroatoms. The molecule has 0 aromatic rings. The first-order valence-corrected chi connectivity index (χ1v) is 9.90. The molecule has 88 valence electrons. The monoisotopic (exact) mass is 226 g/mol. The maximum Gasteiger partial charge on any atom is 0.0819 e. The van der Waals surface area contributed by atoms with E-state index in [0.29, 0.717) is 11.8 Å². The Hall–Kier alpha value is -0.0831. The van der Waals surface area contributed by atoms with Crippen LogP contribution in [-0.4, -0.2) is 19.9 Å². The summed E-state index contributed by atoms with van der Waals surface area (Å²) in [5.41, 5.74) is 0.658. The summed E-state index contributed by atoms with van der Waals surface area (Å²) < 4.78 is 5.75. The number of allylic oxidation sites excluding steroid dienone is 1. The summed E-state index contributed by atoms with van der Waals surface area (Å²) in [5.74, 6) is 0. The minimum atomic E-state index is -1.00. The van der Waals surface area contributed by atoms with Gasteiger partial charge in [-0.15, -0.1) is 6.58 Å². The number of hydrogen-bond donors (Lipinski definition) is 0. The van der Waals surface area contributed by atoms with E-state index in [1.165, 1.54) is 38.5 Å². The SMILES string of the molecule is C=CCCCCCC[C@H]1O[C@@H]1[Si](C)(C)C. The Morgan fingerprint density at radius 2 is 1.80 bits per heavy atom. The molecule has 0 N–H and O–H groups in total. The quantitative estimate of drug-likeness (QED) is 0.262. The smallest absolute Gasteiger partial charge is 0.0819 e. The first-order chi connectivity index (χ1) is 7.05. The second-order valence-corrected chi connectivity index (χ2v) is 11.0. The molecule has 1 fully saturated rings. The molecule has 0 radical (unpaired) electrons. The van der Waals surface area contributed by atoms with E-state index in [1.807, 2.05) is 6.08 Å². The van der Waals surface area contributed by atoms with Crippen LogP contribution in [0.4, 0.5) is 0 Å². The van der Waals surface area contributed by atoms with Crippen LogP contribution in [0.15, 0.2) is 12.7 Å². The number of hydrogen-bond acceptors (Lipinski definition) is 1. The topological polar surface area (TPSA) is 12.5 Å². The van der Waals surface area contributed by atoms with Crippen molar-refractivity contribution in [1.82, 2.24) is 0 Å². The lowest BCUT2D eigenvalue weighted by atomic mass is 10.1. The van der Waals surface area contributed by atoms with Crippen molar-refractivity contribution >= 4 is 8.07 Å². The zero-order valence-corrected chi connectivity index (χ0v) is 11.6. The molecule has 1 heterocycles. The Balaban J connectivity index is 1.93. The molecule has 0 unspecified atom stereocenters. The van der Waals surface area contributed by atoms with Gasteiger partial charge in [-0.1, -0.05) is 45.0 Å². The molecular weight excluding hydrogens is 200 g/mol. The average molecular weight is 226 g/mol. The minimum absolute atomic E-state index is 0.621. The second kappa shape index (κ2) is 5.85. The summed E-state index contributed by atoms with van der Waals surface area (Å²) >= 11 is 0. The molecule has 0 amide bonds. The zero-order valence-electron chi connectivity index (χ0n) is 10.6. The van der Waals surface area contributed by atoms with E-state index >= 15 is 0 Å². The molecule has 1 nitrogen and oxygen atoms in total.